The SMILES string of the molecule is CC(C)(C#N)c1ccc(CCC2(C3CCCC3)CC(=O)CC(=O)O2)cc1C(F)(F)F. The first-order valence-electron chi connectivity index (χ1n) is 10.3. The monoisotopic (exact) mass is 421 g/mol. The zero-order valence-electron chi connectivity index (χ0n) is 17.3. The number of hydrogen-bond acceptors (Lipinski definition) is 4. The minimum Gasteiger partial charge on any atom is -0.458 e. The first-order chi connectivity index (χ1) is 14.0. The molecular weight excluding hydrogens is 395 g/mol. The number of aryl methyl sites for hydroxylation is 1. The summed E-state index contributed by atoms with van der Waals surface area (Å²) >= 11 is 0. The molecule has 0 aromatic heterocycles. The fourth-order valence-corrected chi connectivity index (χ4v) is 4.82. The molecule has 1 saturated heterocycles. The minimum atomic E-state index is -4.59. The molecule has 1 aromatic carbocycles. The number of hydrogen-bond donors (Lipinski definition) is 0. The predicted molar refractivity (Wildman–Crippen MR) is 103 cm³/mol. The molecule has 0 bridgehead atoms. The predicted octanol–water partition coefficient (Wildman–Crippen LogP) is 5.27. The van der Waals surface area contributed by atoms with E-state index >= 15 is 0 Å². The Balaban J connectivity index is 1.90. The van der Waals surface area contributed by atoms with Crippen molar-refractivity contribution in [2.24, 2.45) is 5.92 Å². The summed E-state index contributed by atoms with van der Waals surface area (Å²) in [6.07, 6.45) is -0.424. The van der Waals surface area contributed by atoms with E-state index in [1.807, 2.05) is 6.07 Å². The van der Waals surface area contributed by atoms with E-state index in [2.05, 4.69) is 0 Å². The molecule has 0 spiro atoms. The van der Waals surface area contributed by atoms with Crippen molar-refractivity contribution >= 4 is 11.8 Å². The van der Waals surface area contributed by atoms with Gasteiger partial charge in [-0.3, -0.25) is 9.59 Å². The lowest BCUT2D eigenvalue weighted by Crippen LogP contribution is -2.48. The van der Waals surface area contributed by atoms with Crippen LogP contribution in [0.15, 0.2) is 18.2 Å². The average Bonchev–Trinajstić information content (AvgIpc) is 3.20. The van der Waals surface area contributed by atoms with Gasteiger partial charge in [-0.05, 0) is 62.6 Å². The molecule has 7 heteroatoms. The van der Waals surface area contributed by atoms with Gasteiger partial charge in [0.05, 0.1) is 17.0 Å². The van der Waals surface area contributed by atoms with Gasteiger partial charge in [0.2, 0.25) is 0 Å². The number of benzene rings is 1. The number of esters is 1. The van der Waals surface area contributed by atoms with Crippen LogP contribution in [-0.2, 0) is 32.3 Å². The van der Waals surface area contributed by atoms with Crippen LogP contribution in [-0.4, -0.2) is 17.4 Å². The Morgan fingerprint density at radius 1 is 1.17 bits per heavy atom. The van der Waals surface area contributed by atoms with E-state index in [1.54, 1.807) is 6.07 Å². The highest BCUT2D eigenvalue weighted by Gasteiger charge is 2.48. The highest BCUT2D eigenvalue weighted by Crippen LogP contribution is 2.44. The lowest BCUT2D eigenvalue weighted by Gasteiger charge is -2.41. The quantitative estimate of drug-likeness (QED) is 0.480. The van der Waals surface area contributed by atoms with Gasteiger partial charge in [0.15, 0.2) is 0 Å². The number of cyclic esters (lactones) is 1. The third-order valence-electron chi connectivity index (χ3n) is 6.43. The second kappa shape index (κ2) is 8.05. The van der Waals surface area contributed by atoms with Gasteiger partial charge in [0.25, 0.3) is 0 Å². The minimum absolute atomic E-state index is 0.0598. The van der Waals surface area contributed by atoms with Gasteiger partial charge in [-0.15, -0.1) is 0 Å². The van der Waals surface area contributed by atoms with Gasteiger partial charge in [-0.25, -0.2) is 0 Å². The summed E-state index contributed by atoms with van der Waals surface area (Å²) in [5, 5.41) is 9.29. The van der Waals surface area contributed by atoms with Crippen LogP contribution >= 0.6 is 0 Å². The maximum absolute atomic E-state index is 13.7. The molecule has 2 aliphatic rings. The van der Waals surface area contributed by atoms with E-state index in [0.717, 1.165) is 31.7 Å². The van der Waals surface area contributed by atoms with Crippen LogP contribution in [0.2, 0.25) is 0 Å². The molecule has 1 unspecified atom stereocenters. The number of nitrogens with zero attached hydrogens (tertiary/aromatic N) is 1. The summed E-state index contributed by atoms with van der Waals surface area (Å²) in [5.74, 6) is -0.648. The molecule has 0 N–H and O–H groups in total. The zero-order valence-corrected chi connectivity index (χ0v) is 17.3. The van der Waals surface area contributed by atoms with Gasteiger partial charge >= 0.3 is 12.1 Å². The number of carbonyl (C=O) groups excluding carboxylic acids is 2. The highest BCUT2D eigenvalue weighted by molar-refractivity contribution is 5.98. The molecule has 162 valence electrons. The molecule has 1 atom stereocenters. The molecule has 1 saturated carbocycles. The first kappa shape index (κ1) is 22.3. The van der Waals surface area contributed by atoms with Gasteiger partial charge < -0.3 is 4.74 Å². The van der Waals surface area contributed by atoms with Crippen molar-refractivity contribution in [1.82, 2.24) is 0 Å². The molecule has 3 rings (SSSR count). The number of carbonyl (C=O) groups is 2. The molecule has 4 nitrogen and oxygen atoms in total. The molecule has 30 heavy (non-hydrogen) atoms. The standard InChI is InChI=1S/C23H26F3NO3/c1-21(2,14-27)18-8-7-15(11-19(18)23(24,25)26)9-10-22(16-5-3-4-6-16)13-17(28)12-20(29)30-22/h7-8,11,16H,3-6,9-10,12-13H2,1-2H3. The Morgan fingerprint density at radius 3 is 2.40 bits per heavy atom. The van der Waals surface area contributed by atoms with E-state index in [0.29, 0.717) is 12.0 Å². The summed E-state index contributed by atoms with van der Waals surface area (Å²) in [5.41, 5.74) is -2.64. The van der Waals surface area contributed by atoms with Crippen LogP contribution in [0, 0.1) is 17.2 Å². The van der Waals surface area contributed by atoms with Gasteiger partial charge in [0.1, 0.15) is 17.8 Å². The number of ketones is 1. The first-order valence-corrected chi connectivity index (χ1v) is 10.3. The third-order valence-corrected chi connectivity index (χ3v) is 6.43. The Labute approximate surface area is 174 Å². The van der Waals surface area contributed by atoms with E-state index in [4.69, 9.17) is 4.74 Å². The van der Waals surface area contributed by atoms with Crippen LogP contribution in [0.25, 0.3) is 0 Å². The Bertz CT molecular complexity index is 861. The van der Waals surface area contributed by atoms with Crippen molar-refractivity contribution in [3.63, 3.8) is 0 Å². The van der Waals surface area contributed by atoms with Crippen molar-refractivity contribution in [2.45, 2.75) is 82.4 Å². The maximum atomic E-state index is 13.7. The second-order valence-corrected chi connectivity index (χ2v) is 9.03. The summed E-state index contributed by atoms with van der Waals surface area (Å²) in [4.78, 5) is 24.2. The summed E-state index contributed by atoms with van der Waals surface area (Å²) in [7, 11) is 0. The highest BCUT2D eigenvalue weighted by atomic mass is 19.4. The zero-order chi connectivity index (χ0) is 22.2. The van der Waals surface area contributed by atoms with Gasteiger partial charge in [-0.1, -0.05) is 25.0 Å². The van der Waals surface area contributed by atoms with Crippen LogP contribution in [0.1, 0.15) is 75.5 Å². The maximum Gasteiger partial charge on any atom is 0.416 e. The molecule has 1 aromatic rings. The largest absolute Gasteiger partial charge is 0.458 e. The van der Waals surface area contributed by atoms with Crippen molar-refractivity contribution in [3.8, 4) is 6.07 Å². The molecule has 1 aliphatic heterocycles. The average molecular weight is 421 g/mol. The normalized spacial score (nSPS) is 23.3. The van der Waals surface area contributed by atoms with Crippen LogP contribution in [0.4, 0.5) is 13.2 Å². The Hall–Kier alpha value is -2.36. The van der Waals surface area contributed by atoms with Gasteiger partial charge in [-0.2, -0.15) is 18.4 Å². The number of nitriles is 1. The van der Waals surface area contributed by atoms with Crippen molar-refractivity contribution in [2.75, 3.05) is 0 Å². The molecule has 2 fully saturated rings. The number of rotatable bonds is 5. The van der Waals surface area contributed by atoms with E-state index in [-0.39, 0.29) is 36.5 Å². The molecule has 1 aliphatic carbocycles. The van der Waals surface area contributed by atoms with E-state index < -0.39 is 28.7 Å². The number of Topliss-reactive ketones (excluding diaryl/α,β-unsaturated/α-hetero) is 1. The Morgan fingerprint density at radius 2 is 1.83 bits per heavy atom. The molecular formula is C23H26F3NO3. The lowest BCUT2D eigenvalue weighted by molar-refractivity contribution is -0.178. The fraction of sp³-hybridized carbons (Fsp3) is 0.609. The van der Waals surface area contributed by atoms with E-state index in [9.17, 15) is 28.0 Å². The van der Waals surface area contributed by atoms with Gasteiger partial charge in [0, 0.05) is 6.42 Å². The Kier molecular flexibility index (Phi) is 5.99. The van der Waals surface area contributed by atoms with E-state index in [1.165, 1.54) is 19.9 Å². The topological polar surface area (TPSA) is 67.2 Å². The summed E-state index contributed by atoms with van der Waals surface area (Å²) < 4.78 is 46.8. The van der Waals surface area contributed by atoms with Crippen LogP contribution in [0.3, 0.4) is 0 Å². The lowest BCUT2D eigenvalue weighted by atomic mass is 9.75. The van der Waals surface area contributed by atoms with Crippen molar-refractivity contribution in [3.05, 3.63) is 34.9 Å². The van der Waals surface area contributed by atoms with Crippen LogP contribution in [0.5, 0.6) is 0 Å². The molecule has 1 heterocycles. The summed E-state index contributed by atoms with van der Waals surface area (Å²) in [6, 6.07) is 5.98. The van der Waals surface area contributed by atoms with Crippen molar-refractivity contribution < 1.29 is 27.5 Å². The third kappa shape index (κ3) is 4.53. The molecule has 0 amide bonds. The van der Waals surface area contributed by atoms with Crippen molar-refractivity contribution in [1.29, 1.82) is 5.26 Å². The second-order valence-electron chi connectivity index (χ2n) is 9.03. The number of alkyl halides is 3. The number of ether oxygens (including phenoxy) is 1. The fourth-order valence-electron chi connectivity index (χ4n) is 4.82. The van der Waals surface area contributed by atoms with Crippen LogP contribution < -0.4 is 0 Å². The smallest absolute Gasteiger partial charge is 0.416 e. The number of halogens is 3. The summed E-state index contributed by atoms with van der Waals surface area (Å²) in [6.45, 7) is 2.92. The molecule has 0 radical (unpaired) electrons.